The second-order valence-corrected chi connectivity index (χ2v) is 6.18. The lowest BCUT2D eigenvalue weighted by atomic mass is 10.1. The van der Waals surface area contributed by atoms with E-state index in [2.05, 4.69) is 25.4 Å². The molecule has 0 aliphatic carbocycles. The molecule has 0 radical (unpaired) electrons. The van der Waals surface area contributed by atoms with E-state index in [1.807, 2.05) is 24.3 Å². The van der Waals surface area contributed by atoms with Gasteiger partial charge in [0, 0.05) is 49.2 Å². The van der Waals surface area contributed by atoms with Gasteiger partial charge in [0.2, 0.25) is 0 Å². The molecule has 7 nitrogen and oxygen atoms in total. The summed E-state index contributed by atoms with van der Waals surface area (Å²) in [6, 6.07) is 12.9. The molecule has 132 valence electrons. The van der Waals surface area contributed by atoms with Gasteiger partial charge in [-0.1, -0.05) is 12.1 Å². The average Bonchev–Trinajstić information content (AvgIpc) is 2.70. The Morgan fingerprint density at radius 3 is 2.58 bits per heavy atom. The minimum absolute atomic E-state index is 0.153. The summed E-state index contributed by atoms with van der Waals surface area (Å²) in [6.07, 6.45) is 1.78. The highest BCUT2D eigenvalue weighted by Gasteiger charge is 2.15. The average molecular weight is 348 g/mol. The molecule has 1 saturated heterocycles. The number of nitrogens with zero attached hydrogens (tertiary/aromatic N) is 4. The highest BCUT2D eigenvalue weighted by molar-refractivity contribution is 5.78. The van der Waals surface area contributed by atoms with Crippen LogP contribution in [-0.4, -0.2) is 46.5 Å². The highest BCUT2D eigenvalue weighted by atomic mass is 16.3. The fourth-order valence-electron chi connectivity index (χ4n) is 3.11. The number of phenols is 1. The molecule has 1 aromatic carbocycles. The van der Waals surface area contributed by atoms with Crippen LogP contribution in [0, 0.1) is 0 Å². The van der Waals surface area contributed by atoms with Crippen molar-refractivity contribution in [3.05, 3.63) is 48.7 Å². The van der Waals surface area contributed by atoms with Crippen LogP contribution in [0.25, 0.3) is 22.5 Å². The van der Waals surface area contributed by atoms with E-state index in [0.29, 0.717) is 22.6 Å². The molecule has 3 heterocycles. The molecule has 0 bridgehead atoms. The number of rotatable bonds is 3. The first-order valence-corrected chi connectivity index (χ1v) is 8.56. The molecule has 0 spiro atoms. The van der Waals surface area contributed by atoms with E-state index in [4.69, 9.17) is 5.73 Å². The van der Waals surface area contributed by atoms with Crippen molar-refractivity contribution in [2.45, 2.75) is 0 Å². The zero-order valence-electron chi connectivity index (χ0n) is 14.3. The number of pyridine rings is 1. The summed E-state index contributed by atoms with van der Waals surface area (Å²) in [5.41, 5.74) is 9.79. The van der Waals surface area contributed by atoms with Gasteiger partial charge in [0.15, 0.2) is 5.82 Å². The topological polar surface area (TPSA) is 100 Å². The largest absolute Gasteiger partial charge is 0.507 e. The maximum absolute atomic E-state index is 10.1. The molecule has 4 rings (SSSR count). The monoisotopic (exact) mass is 348 g/mol. The fraction of sp³-hybridized carbons (Fsp3) is 0.211. The zero-order chi connectivity index (χ0) is 17.9. The third-order valence-corrected chi connectivity index (χ3v) is 4.50. The normalized spacial score (nSPS) is 14.4. The van der Waals surface area contributed by atoms with Gasteiger partial charge in [-0.05, 0) is 30.3 Å². The standard InChI is InChI=1S/C19H20N6O/c20-19-15(12-17(23-24-19)14-3-1-2-4-18(14)26)16-11-13(5-6-22-16)25-9-7-21-8-10-25/h1-6,11-12,21,26H,7-10H2,(H2,20,24). The molecule has 26 heavy (non-hydrogen) atoms. The van der Waals surface area contributed by atoms with E-state index in [9.17, 15) is 5.11 Å². The van der Waals surface area contributed by atoms with Gasteiger partial charge in [0.25, 0.3) is 0 Å². The number of hydrogen-bond donors (Lipinski definition) is 3. The lowest BCUT2D eigenvalue weighted by molar-refractivity contribution is 0.477. The van der Waals surface area contributed by atoms with E-state index in [0.717, 1.165) is 37.6 Å². The summed E-state index contributed by atoms with van der Waals surface area (Å²) in [7, 11) is 0. The maximum Gasteiger partial charge on any atom is 0.155 e. The van der Waals surface area contributed by atoms with Gasteiger partial charge in [0.1, 0.15) is 5.75 Å². The van der Waals surface area contributed by atoms with E-state index >= 15 is 0 Å². The lowest BCUT2D eigenvalue weighted by Gasteiger charge is -2.29. The number of piperazine rings is 1. The second kappa shape index (κ2) is 6.97. The van der Waals surface area contributed by atoms with Gasteiger partial charge < -0.3 is 21.1 Å². The van der Waals surface area contributed by atoms with Crippen LogP contribution in [0.5, 0.6) is 5.75 Å². The number of benzene rings is 1. The van der Waals surface area contributed by atoms with E-state index in [1.165, 1.54) is 0 Å². The summed E-state index contributed by atoms with van der Waals surface area (Å²) >= 11 is 0. The Morgan fingerprint density at radius 1 is 0.962 bits per heavy atom. The zero-order valence-corrected chi connectivity index (χ0v) is 14.3. The number of nitrogens with one attached hydrogen (secondary N) is 1. The molecule has 0 unspecified atom stereocenters. The Morgan fingerprint density at radius 2 is 1.77 bits per heavy atom. The first-order valence-electron chi connectivity index (χ1n) is 8.56. The first-order chi connectivity index (χ1) is 12.7. The highest BCUT2D eigenvalue weighted by Crippen LogP contribution is 2.32. The van der Waals surface area contributed by atoms with E-state index < -0.39 is 0 Å². The van der Waals surface area contributed by atoms with Crippen LogP contribution < -0.4 is 16.0 Å². The fourth-order valence-corrected chi connectivity index (χ4v) is 3.11. The minimum atomic E-state index is 0.153. The first kappa shape index (κ1) is 16.3. The van der Waals surface area contributed by atoms with Crippen molar-refractivity contribution < 1.29 is 5.11 Å². The van der Waals surface area contributed by atoms with Gasteiger partial charge in [-0.2, -0.15) is 0 Å². The van der Waals surface area contributed by atoms with Gasteiger partial charge in [-0.15, -0.1) is 10.2 Å². The van der Waals surface area contributed by atoms with Gasteiger partial charge in [-0.25, -0.2) is 0 Å². The Kier molecular flexibility index (Phi) is 4.37. The van der Waals surface area contributed by atoms with Crippen LogP contribution in [0.3, 0.4) is 0 Å². The molecular formula is C19H20N6O. The van der Waals surface area contributed by atoms with Crippen LogP contribution >= 0.6 is 0 Å². The number of phenolic OH excluding ortho intramolecular Hbond substituents is 1. The van der Waals surface area contributed by atoms with Crippen LogP contribution in [0.4, 0.5) is 11.5 Å². The molecule has 0 amide bonds. The molecule has 1 aliphatic rings. The number of hydrogen-bond acceptors (Lipinski definition) is 7. The Bertz CT molecular complexity index is 923. The van der Waals surface area contributed by atoms with Crippen molar-refractivity contribution in [2.75, 3.05) is 36.8 Å². The SMILES string of the molecule is Nc1nnc(-c2ccccc2O)cc1-c1cc(N2CCNCC2)ccn1. The predicted octanol–water partition coefficient (Wildman–Crippen LogP) is 1.90. The molecule has 1 aliphatic heterocycles. The van der Waals surface area contributed by atoms with Crippen molar-refractivity contribution in [3.8, 4) is 28.3 Å². The minimum Gasteiger partial charge on any atom is -0.507 e. The number of para-hydroxylation sites is 1. The van der Waals surface area contributed by atoms with Gasteiger partial charge >= 0.3 is 0 Å². The van der Waals surface area contributed by atoms with Crippen molar-refractivity contribution >= 4 is 11.5 Å². The number of nitrogens with two attached hydrogens (primary N) is 1. The molecule has 7 heteroatoms. The van der Waals surface area contributed by atoms with Gasteiger partial charge in [0.05, 0.1) is 11.4 Å². The molecule has 4 N–H and O–H groups in total. The summed E-state index contributed by atoms with van der Waals surface area (Å²) in [6.45, 7) is 3.84. The van der Waals surface area contributed by atoms with Crippen molar-refractivity contribution in [3.63, 3.8) is 0 Å². The molecule has 1 fully saturated rings. The lowest BCUT2D eigenvalue weighted by Crippen LogP contribution is -2.43. The number of anilines is 2. The van der Waals surface area contributed by atoms with Crippen LogP contribution in [-0.2, 0) is 0 Å². The summed E-state index contributed by atoms with van der Waals surface area (Å²) in [5.74, 6) is 0.467. The maximum atomic E-state index is 10.1. The summed E-state index contributed by atoms with van der Waals surface area (Å²) in [5, 5.41) is 21.6. The third-order valence-electron chi connectivity index (χ3n) is 4.50. The summed E-state index contributed by atoms with van der Waals surface area (Å²) < 4.78 is 0. The van der Waals surface area contributed by atoms with Crippen LogP contribution in [0.1, 0.15) is 0 Å². The predicted molar refractivity (Wildman–Crippen MR) is 102 cm³/mol. The third kappa shape index (κ3) is 3.16. The molecule has 0 saturated carbocycles. The smallest absolute Gasteiger partial charge is 0.155 e. The van der Waals surface area contributed by atoms with Crippen LogP contribution in [0.15, 0.2) is 48.7 Å². The Hall–Kier alpha value is -3.19. The number of aromatic nitrogens is 3. The second-order valence-electron chi connectivity index (χ2n) is 6.18. The quantitative estimate of drug-likeness (QED) is 0.665. The molecule has 2 aromatic heterocycles. The number of aromatic hydroxyl groups is 1. The molecular weight excluding hydrogens is 328 g/mol. The van der Waals surface area contributed by atoms with Crippen molar-refractivity contribution in [2.24, 2.45) is 0 Å². The van der Waals surface area contributed by atoms with E-state index in [1.54, 1.807) is 24.4 Å². The van der Waals surface area contributed by atoms with Crippen LogP contribution in [0.2, 0.25) is 0 Å². The number of nitrogen functional groups attached to an aromatic ring is 1. The van der Waals surface area contributed by atoms with E-state index in [-0.39, 0.29) is 5.75 Å². The van der Waals surface area contributed by atoms with Crippen molar-refractivity contribution in [1.82, 2.24) is 20.5 Å². The Balaban J connectivity index is 1.74. The summed E-state index contributed by atoms with van der Waals surface area (Å²) in [4.78, 5) is 6.79. The van der Waals surface area contributed by atoms with Gasteiger partial charge in [-0.3, -0.25) is 4.98 Å². The van der Waals surface area contributed by atoms with Crippen molar-refractivity contribution in [1.29, 1.82) is 0 Å². The molecule has 0 atom stereocenters. The molecule has 3 aromatic rings. The Labute approximate surface area is 151 Å².